The lowest BCUT2D eigenvalue weighted by molar-refractivity contribution is -0.138. The molecule has 4 rings (SSSR count). The second-order valence-corrected chi connectivity index (χ2v) is 8.83. The lowest BCUT2D eigenvalue weighted by atomic mass is 10.2. The van der Waals surface area contributed by atoms with Crippen LogP contribution in [0.5, 0.6) is 5.75 Å². The Kier molecular flexibility index (Phi) is 5.61. The van der Waals surface area contributed by atoms with Gasteiger partial charge in [-0.25, -0.2) is 13.8 Å². The van der Waals surface area contributed by atoms with Gasteiger partial charge in [0.15, 0.2) is 5.82 Å². The van der Waals surface area contributed by atoms with Crippen LogP contribution in [0.4, 0.5) is 14.5 Å². The van der Waals surface area contributed by atoms with Crippen LogP contribution in [0.3, 0.4) is 0 Å². The zero-order valence-corrected chi connectivity index (χ0v) is 17.4. The molecule has 0 spiro atoms. The molecule has 1 N–H and O–H groups in total. The summed E-state index contributed by atoms with van der Waals surface area (Å²) < 4.78 is 33.6. The Morgan fingerprint density at radius 3 is 2.73 bits per heavy atom. The zero-order valence-electron chi connectivity index (χ0n) is 15.7. The van der Waals surface area contributed by atoms with E-state index in [-0.39, 0.29) is 29.1 Å². The Hall–Kier alpha value is -2.72. The van der Waals surface area contributed by atoms with Gasteiger partial charge in [0, 0.05) is 4.90 Å². The van der Waals surface area contributed by atoms with E-state index in [1.165, 1.54) is 16.7 Å². The first-order chi connectivity index (χ1) is 14.4. The van der Waals surface area contributed by atoms with Gasteiger partial charge < -0.3 is 14.7 Å². The van der Waals surface area contributed by atoms with Gasteiger partial charge in [-0.2, -0.15) is 0 Å². The fourth-order valence-corrected chi connectivity index (χ4v) is 5.42. The highest BCUT2D eigenvalue weighted by Crippen LogP contribution is 2.43. The second-order valence-electron chi connectivity index (χ2n) is 6.51. The molecule has 6 nitrogen and oxygen atoms in total. The van der Waals surface area contributed by atoms with Crippen LogP contribution in [0, 0.1) is 11.6 Å². The highest BCUT2D eigenvalue weighted by Gasteiger charge is 2.36. The molecule has 1 atom stereocenters. The van der Waals surface area contributed by atoms with Crippen LogP contribution in [0.25, 0.3) is 10.2 Å². The molecule has 0 radical (unpaired) electrons. The topological polar surface area (TPSA) is 79.7 Å². The van der Waals surface area contributed by atoms with E-state index in [2.05, 4.69) is 4.98 Å². The number of hydrogen-bond acceptors (Lipinski definition) is 6. The van der Waals surface area contributed by atoms with Gasteiger partial charge in [0.1, 0.15) is 22.1 Å². The van der Waals surface area contributed by atoms with Gasteiger partial charge in [-0.15, -0.1) is 23.1 Å². The summed E-state index contributed by atoms with van der Waals surface area (Å²) in [6.07, 6.45) is -0.346. The number of carboxylic acid groups (broad SMARTS) is 1. The quantitative estimate of drug-likeness (QED) is 0.598. The van der Waals surface area contributed by atoms with Gasteiger partial charge in [-0.05, 0) is 37.3 Å². The van der Waals surface area contributed by atoms with Crippen molar-refractivity contribution < 1.29 is 28.2 Å². The molecule has 1 unspecified atom stereocenters. The van der Waals surface area contributed by atoms with Crippen molar-refractivity contribution in [3.63, 3.8) is 0 Å². The maximum absolute atomic E-state index is 14.0. The normalized spacial score (nSPS) is 16.0. The van der Waals surface area contributed by atoms with Crippen molar-refractivity contribution in [1.82, 2.24) is 4.98 Å². The van der Waals surface area contributed by atoms with Gasteiger partial charge >= 0.3 is 5.97 Å². The smallest absolute Gasteiger partial charge is 0.305 e. The molecule has 1 aliphatic heterocycles. The number of aliphatic carboxylic acids is 1. The number of thiazole rings is 1. The number of rotatable bonds is 6. The molecule has 156 valence electrons. The van der Waals surface area contributed by atoms with E-state index in [1.807, 2.05) is 6.92 Å². The summed E-state index contributed by atoms with van der Waals surface area (Å²) in [6, 6.07) is 7.25. The van der Waals surface area contributed by atoms with Crippen molar-refractivity contribution >= 4 is 50.9 Å². The average molecular weight is 450 g/mol. The molecule has 0 saturated heterocycles. The highest BCUT2D eigenvalue weighted by atomic mass is 32.2. The lowest BCUT2D eigenvalue weighted by Crippen LogP contribution is -2.41. The number of hydrogen-bond donors (Lipinski definition) is 1. The molecule has 2 aromatic carbocycles. The summed E-state index contributed by atoms with van der Waals surface area (Å²) in [7, 11) is 0. The molecule has 1 aromatic heterocycles. The van der Waals surface area contributed by atoms with E-state index in [1.54, 1.807) is 18.2 Å². The van der Waals surface area contributed by atoms with E-state index < -0.39 is 22.9 Å². The van der Waals surface area contributed by atoms with E-state index >= 15 is 0 Å². The number of carbonyl (C=O) groups is 2. The number of carbonyl (C=O) groups excluding carboxylic acids is 1. The summed E-state index contributed by atoms with van der Waals surface area (Å²) in [6.45, 7) is 2.29. The van der Waals surface area contributed by atoms with Crippen molar-refractivity contribution in [1.29, 1.82) is 0 Å². The third-order valence-electron chi connectivity index (χ3n) is 4.49. The molecule has 0 saturated carbocycles. The van der Waals surface area contributed by atoms with Crippen molar-refractivity contribution in [3.8, 4) is 5.75 Å². The van der Waals surface area contributed by atoms with Gasteiger partial charge in [0.05, 0.1) is 35.2 Å². The van der Waals surface area contributed by atoms with E-state index in [4.69, 9.17) is 4.74 Å². The van der Waals surface area contributed by atoms with Crippen LogP contribution in [-0.2, 0) is 16.1 Å². The number of nitrogens with zero attached hydrogens (tertiary/aromatic N) is 2. The largest absolute Gasteiger partial charge is 0.494 e. The average Bonchev–Trinajstić information content (AvgIpc) is 3.13. The molecule has 0 bridgehead atoms. The molecule has 30 heavy (non-hydrogen) atoms. The van der Waals surface area contributed by atoms with Crippen LogP contribution in [0.1, 0.15) is 18.4 Å². The van der Waals surface area contributed by atoms with Crippen LogP contribution >= 0.6 is 23.1 Å². The number of carboxylic acids is 1. The van der Waals surface area contributed by atoms with Gasteiger partial charge in [0.2, 0.25) is 5.91 Å². The van der Waals surface area contributed by atoms with Crippen LogP contribution in [0.15, 0.2) is 35.2 Å². The third-order valence-corrected chi connectivity index (χ3v) is 6.77. The Morgan fingerprint density at radius 2 is 2.03 bits per heavy atom. The molecular formula is C20H16F2N2O4S2. The molecule has 1 aliphatic rings. The van der Waals surface area contributed by atoms with E-state index in [9.17, 15) is 23.5 Å². The first-order valence-corrected chi connectivity index (χ1v) is 10.8. The van der Waals surface area contributed by atoms with Crippen molar-refractivity contribution in [2.45, 2.75) is 30.0 Å². The van der Waals surface area contributed by atoms with E-state index in [0.29, 0.717) is 27.9 Å². The minimum atomic E-state index is -1.09. The van der Waals surface area contributed by atoms with Crippen LogP contribution < -0.4 is 9.64 Å². The first kappa shape index (κ1) is 20.5. The lowest BCUT2D eigenvalue weighted by Gasteiger charge is -2.33. The molecule has 10 heteroatoms. The van der Waals surface area contributed by atoms with Gasteiger partial charge in [0.25, 0.3) is 0 Å². The maximum Gasteiger partial charge on any atom is 0.305 e. The predicted molar refractivity (Wildman–Crippen MR) is 110 cm³/mol. The maximum atomic E-state index is 14.0. The molecular weight excluding hydrogens is 434 g/mol. The summed E-state index contributed by atoms with van der Waals surface area (Å²) in [5.74, 6) is -2.09. The number of ether oxygens (including phenoxy) is 1. The number of halogens is 2. The first-order valence-electron chi connectivity index (χ1n) is 9.07. The van der Waals surface area contributed by atoms with Gasteiger partial charge in [-0.1, -0.05) is 0 Å². The number of fused-ring (bicyclic) bond motifs is 2. The number of anilines is 1. The molecule has 0 fully saturated rings. The number of thioether (sulfide) groups is 1. The summed E-state index contributed by atoms with van der Waals surface area (Å²) >= 11 is 2.14. The summed E-state index contributed by atoms with van der Waals surface area (Å²) in [5, 5.41) is 8.73. The highest BCUT2D eigenvalue weighted by molar-refractivity contribution is 8.01. The summed E-state index contributed by atoms with van der Waals surface area (Å²) in [5.41, 5.74) is 0.498. The van der Waals surface area contributed by atoms with Crippen molar-refractivity contribution in [2.24, 2.45) is 0 Å². The Balaban J connectivity index is 1.73. The monoisotopic (exact) mass is 450 g/mol. The van der Waals surface area contributed by atoms with Crippen LogP contribution in [-0.4, -0.2) is 33.8 Å². The molecule has 2 heterocycles. The Bertz CT molecular complexity index is 1110. The van der Waals surface area contributed by atoms with E-state index in [0.717, 1.165) is 23.5 Å². The predicted octanol–water partition coefficient (Wildman–Crippen LogP) is 4.46. The molecule has 1 amide bonds. The molecule has 3 aromatic rings. The Morgan fingerprint density at radius 1 is 1.27 bits per heavy atom. The standard InChI is InChI=1S/C20H16F2N2O4S2/c1-2-28-10-3-6-13-14(7-10)29-15(8-17(25)26)20(27)24(13)9-16-23-18-11(21)4-5-12(22)19(18)30-16/h3-7,15H,2,8-9H2,1H3,(H,25,26). The Labute approximate surface area is 178 Å². The molecule has 0 aliphatic carbocycles. The zero-order chi connectivity index (χ0) is 21.4. The van der Waals surface area contributed by atoms with Crippen molar-refractivity contribution in [3.05, 3.63) is 47.0 Å². The fraction of sp³-hybridized carbons (Fsp3) is 0.250. The minimum absolute atomic E-state index is 0.0191. The summed E-state index contributed by atoms with van der Waals surface area (Å²) in [4.78, 5) is 30.6. The fourth-order valence-electron chi connectivity index (χ4n) is 3.21. The van der Waals surface area contributed by atoms with Crippen LogP contribution in [0.2, 0.25) is 0 Å². The second kappa shape index (κ2) is 8.19. The number of amides is 1. The SMILES string of the molecule is CCOc1ccc2c(c1)SC(CC(=O)O)C(=O)N2Cc1nc2c(F)ccc(F)c2s1. The van der Waals surface area contributed by atoms with Crippen molar-refractivity contribution in [2.75, 3.05) is 11.5 Å². The number of benzene rings is 2. The minimum Gasteiger partial charge on any atom is -0.494 e. The van der Waals surface area contributed by atoms with Gasteiger partial charge in [-0.3, -0.25) is 9.59 Å². The third kappa shape index (κ3) is 3.84. The number of aromatic nitrogens is 1.